The number of urea groups is 1. The van der Waals surface area contributed by atoms with Crippen molar-refractivity contribution in [3.63, 3.8) is 0 Å². The van der Waals surface area contributed by atoms with Crippen molar-refractivity contribution in [2.45, 2.75) is 70.9 Å². The van der Waals surface area contributed by atoms with Crippen molar-refractivity contribution < 1.29 is 27.5 Å². The molecule has 3 amide bonds. The molecule has 0 spiro atoms. The van der Waals surface area contributed by atoms with Crippen molar-refractivity contribution in [1.82, 2.24) is 14.7 Å². The molecule has 6 nitrogen and oxygen atoms in total. The molecule has 0 unspecified atom stereocenters. The number of nitrogens with zero attached hydrogens (tertiary/aromatic N) is 3. The highest BCUT2D eigenvalue weighted by Gasteiger charge is 2.46. The van der Waals surface area contributed by atoms with Crippen LogP contribution in [0.5, 0.6) is 5.75 Å². The van der Waals surface area contributed by atoms with Gasteiger partial charge < -0.3 is 19.4 Å². The van der Waals surface area contributed by atoms with E-state index in [2.05, 4.69) is 0 Å². The van der Waals surface area contributed by atoms with Gasteiger partial charge in [0.05, 0.1) is 23.7 Å². The molecule has 228 valence electrons. The van der Waals surface area contributed by atoms with E-state index in [9.17, 15) is 22.8 Å². The summed E-state index contributed by atoms with van der Waals surface area (Å²) >= 11 is 0. The highest BCUT2D eigenvalue weighted by atomic mass is 19.4. The summed E-state index contributed by atoms with van der Waals surface area (Å²) in [6, 6.07) is 18.3. The summed E-state index contributed by atoms with van der Waals surface area (Å²) in [6.45, 7) is 6.72. The quantitative estimate of drug-likeness (QED) is 0.289. The second-order valence-electron chi connectivity index (χ2n) is 11.5. The molecule has 0 saturated carbocycles. The van der Waals surface area contributed by atoms with Gasteiger partial charge in [-0.3, -0.25) is 4.79 Å². The number of carbonyl (C=O) groups is 2. The van der Waals surface area contributed by atoms with Crippen LogP contribution in [0.4, 0.5) is 18.0 Å². The molecular weight excluding hydrogens is 555 g/mol. The third kappa shape index (κ3) is 6.36. The maximum atomic E-state index is 14.1. The Labute approximate surface area is 251 Å². The summed E-state index contributed by atoms with van der Waals surface area (Å²) in [5, 5.41) is 0. The van der Waals surface area contributed by atoms with Crippen molar-refractivity contribution >= 4 is 11.9 Å². The summed E-state index contributed by atoms with van der Waals surface area (Å²) in [5.74, 6) is 0.792. The normalized spacial score (nSPS) is 19.3. The molecule has 3 aromatic rings. The predicted octanol–water partition coefficient (Wildman–Crippen LogP) is 7.32. The van der Waals surface area contributed by atoms with Gasteiger partial charge in [0.15, 0.2) is 0 Å². The number of fused-ring (bicyclic) bond motifs is 1. The number of amides is 3. The average Bonchev–Trinajstić information content (AvgIpc) is 3.39. The Morgan fingerprint density at radius 1 is 1.05 bits per heavy atom. The lowest BCUT2D eigenvalue weighted by Crippen LogP contribution is -2.57. The molecule has 0 bridgehead atoms. The zero-order valence-corrected chi connectivity index (χ0v) is 25.0. The van der Waals surface area contributed by atoms with Gasteiger partial charge in [-0.1, -0.05) is 49.4 Å². The lowest BCUT2D eigenvalue weighted by molar-refractivity contribution is -0.137. The minimum absolute atomic E-state index is 0.0837. The third-order valence-electron chi connectivity index (χ3n) is 8.83. The van der Waals surface area contributed by atoms with Gasteiger partial charge in [-0.15, -0.1) is 0 Å². The molecule has 3 aromatic carbocycles. The van der Waals surface area contributed by atoms with E-state index in [0.29, 0.717) is 55.8 Å². The van der Waals surface area contributed by atoms with Gasteiger partial charge in [-0.05, 0) is 78.8 Å². The van der Waals surface area contributed by atoms with E-state index in [1.807, 2.05) is 67.3 Å². The predicted molar refractivity (Wildman–Crippen MR) is 159 cm³/mol. The molecular formula is C34H38F3N3O3. The topological polar surface area (TPSA) is 53.1 Å². The molecule has 2 fully saturated rings. The summed E-state index contributed by atoms with van der Waals surface area (Å²) in [4.78, 5) is 32.0. The Bertz CT molecular complexity index is 1480. The Morgan fingerprint density at radius 3 is 2.47 bits per heavy atom. The fraction of sp³-hybridized carbons (Fsp3) is 0.412. The van der Waals surface area contributed by atoms with E-state index in [4.69, 9.17) is 4.74 Å². The standard InChI is InChI=1S/C34H38F3N3O3/c1-5-24-18-26(20-27(19-24)34(35,36)37)23(3)38(4)33(42)40-16-15-39-30(13-14-31(39)41)32(40)29-12-11-28(17-22(29)2)43-21-25-9-7-6-8-10-25/h6-12,17-20,23,30,32H,5,13-16,21H2,1-4H3/t23-,30+,32+/m1/s1. The number of carbonyl (C=O) groups excluding carboxylic acids is 2. The summed E-state index contributed by atoms with van der Waals surface area (Å²) in [7, 11) is 1.63. The number of hydrogen-bond acceptors (Lipinski definition) is 3. The SMILES string of the molecule is CCc1cc([C@@H](C)N(C)C(=O)N2CCN3C(=O)CC[C@H]3[C@@H]2c2ccc(OCc3ccccc3)cc2C)cc(C(F)(F)F)c1. The smallest absolute Gasteiger partial charge is 0.416 e. The molecule has 2 aliphatic heterocycles. The van der Waals surface area contributed by atoms with E-state index in [1.54, 1.807) is 24.9 Å². The van der Waals surface area contributed by atoms with Crippen molar-refractivity contribution in [1.29, 1.82) is 0 Å². The summed E-state index contributed by atoms with van der Waals surface area (Å²) in [6.07, 6.45) is -2.97. The second kappa shape index (κ2) is 12.3. The molecule has 2 aliphatic rings. The fourth-order valence-electron chi connectivity index (χ4n) is 6.26. The zero-order chi connectivity index (χ0) is 30.9. The molecule has 0 radical (unpaired) electrons. The van der Waals surface area contributed by atoms with Gasteiger partial charge in [0.25, 0.3) is 0 Å². The molecule has 2 saturated heterocycles. The lowest BCUT2D eigenvalue weighted by atomic mass is 9.90. The van der Waals surface area contributed by atoms with Crippen LogP contribution in [0.2, 0.25) is 0 Å². The number of rotatable bonds is 7. The van der Waals surface area contributed by atoms with Crippen LogP contribution in [-0.2, 0) is 24.0 Å². The highest BCUT2D eigenvalue weighted by Crippen LogP contribution is 2.41. The molecule has 0 N–H and O–H groups in total. The van der Waals surface area contributed by atoms with Gasteiger partial charge in [0.1, 0.15) is 12.4 Å². The number of halogens is 3. The summed E-state index contributed by atoms with van der Waals surface area (Å²) < 4.78 is 47.0. The number of hydrogen-bond donors (Lipinski definition) is 0. The van der Waals surface area contributed by atoms with Crippen LogP contribution in [0.15, 0.2) is 66.7 Å². The van der Waals surface area contributed by atoms with Crippen LogP contribution in [0.1, 0.15) is 72.2 Å². The van der Waals surface area contributed by atoms with Gasteiger partial charge >= 0.3 is 12.2 Å². The van der Waals surface area contributed by atoms with Crippen LogP contribution in [0, 0.1) is 6.92 Å². The third-order valence-corrected chi connectivity index (χ3v) is 8.83. The number of alkyl halides is 3. The van der Waals surface area contributed by atoms with E-state index in [0.717, 1.165) is 22.8 Å². The molecule has 9 heteroatoms. The molecule has 3 atom stereocenters. The van der Waals surface area contributed by atoms with E-state index >= 15 is 0 Å². The van der Waals surface area contributed by atoms with Crippen molar-refractivity contribution in [2.75, 3.05) is 20.1 Å². The Hall–Kier alpha value is -4.01. The summed E-state index contributed by atoms with van der Waals surface area (Å²) in [5.41, 5.74) is 3.21. The molecule has 5 rings (SSSR count). The van der Waals surface area contributed by atoms with E-state index in [-0.39, 0.29) is 18.0 Å². The molecule has 0 aromatic heterocycles. The van der Waals surface area contributed by atoms with E-state index in [1.165, 1.54) is 11.0 Å². The van der Waals surface area contributed by atoms with Gasteiger partial charge in [0, 0.05) is 26.6 Å². The molecule has 2 heterocycles. The number of aryl methyl sites for hydroxylation is 2. The van der Waals surface area contributed by atoms with Crippen molar-refractivity contribution in [2.24, 2.45) is 0 Å². The fourth-order valence-corrected chi connectivity index (χ4v) is 6.26. The average molecular weight is 594 g/mol. The Kier molecular flexibility index (Phi) is 8.71. The minimum Gasteiger partial charge on any atom is -0.489 e. The first-order valence-corrected chi connectivity index (χ1v) is 14.8. The zero-order valence-electron chi connectivity index (χ0n) is 25.0. The van der Waals surface area contributed by atoms with Crippen LogP contribution in [0.25, 0.3) is 0 Å². The largest absolute Gasteiger partial charge is 0.489 e. The van der Waals surface area contributed by atoms with Crippen LogP contribution < -0.4 is 4.74 Å². The lowest BCUT2D eigenvalue weighted by Gasteiger charge is -2.47. The van der Waals surface area contributed by atoms with Crippen molar-refractivity contribution in [3.8, 4) is 5.75 Å². The first-order valence-electron chi connectivity index (χ1n) is 14.8. The molecule has 43 heavy (non-hydrogen) atoms. The van der Waals surface area contributed by atoms with Crippen molar-refractivity contribution in [3.05, 3.63) is 100 Å². The first-order chi connectivity index (χ1) is 20.5. The maximum absolute atomic E-state index is 14.1. The van der Waals surface area contributed by atoms with Gasteiger partial charge in [-0.2, -0.15) is 13.2 Å². The van der Waals surface area contributed by atoms with Crippen LogP contribution in [-0.4, -0.2) is 52.8 Å². The Balaban J connectivity index is 1.42. The molecule has 0 aliphatic carbocycles. The second-order valence-corrected chi connectivity index (χ2v) is 11.5. The first kappa shape index (κ1) is 30.4. The highest BCUT2D eigenvalue weighted by molar-refractivity contribution is 5.81. The minimum atomic E-state index is -4.48. The van der Waals surface area contributed by atoms with Crippen LogP contribution in [0.3, 0.4) is 0 Å². The number of benzene rings is 3. The number of ether oxygens (including phenoxy) is 1. The Morgan fingerprint density at radius 2 is 1.79 bits per heavy atom. The van der Waals surface area contributed by atoms with E-state index < -0.39 is 23.8 Å². The maximum Gasteiger partial charge on any atom is 0.416 e. The van der Waals surface area contributed by atoms with Gasteiger partial charge in [0.2, 0.25) is 5.91 Å². The van der Waals surface area contributed by atoms with Gasteiger partial charge in [-0.25, -0.2) is 4.79 Å². The number of piperazine rings is 1. The monoisotopic (exact) mass is 593 g/mol. The van der Waals surface area contributed by atoms with Crippen LogP contribution >= 0.6 is 0 Å².